The summed E-state index contributed by atoms with van der Waals surface area (Å²) in [6.45, 7) is 5.57. The van der Waals surface area contributed by atoms with E-state index in [0.29, 0.717) is 39.8 Å². The van der Waals surface area contributed by atoms with Gasteiger partial charge in [-0.25, -0.2) is 8.42 Å². The molecule has 3 rings (SSSR count). The van der Waals surface area contributed by atoms with E-state index in [-0.39, 0.29) is 17.3 Å². The highest BCUT2D eigenvalue weighted by molar-refractivity contribution is 7.92. The summed E-state index contributed by atoms with van der Waals surface area (Å²) in [6, 6.07) is 19.0. The lowest BCUT2D eigenvalue weighted by atomic mass is 10.1. The average Bonchev–Trinajstić information content (AvgIpc) is 2.93. The topological polar surface area (TPSA) is 86.8 Å². The number of nitrogens with zero attached hydrogens (tertiary/aromatic N) is 2. The van der Waals surface area contributed by atoms with Crippen LogP contribution in [0.2, 0.25) is 10.0 Å². The third kappa shape index (κ3) is 7.77. The molecule has 1 atom stereocenters. The van der Waals surface area contributed by atoms with Gasteiger partial charge in [-0.05, 0) is 67.3 Å². The van der Waals surface area contributed by atoms with Gasteiger partial charge in [0, 0.05) is 23.1 Å². The van der Waals surface area contributed by atoms with Crippen LogP contribution >= 0.6 is 23.2 Å². The summed E-state index contributed by atoms with van der Waals surface area (Å²) in [5.41, 5.74) is 1.55. The van der Waals surface area contributed by atoms with Crippen molar-refractivity contribution in [3.63, 3.8) is 0 Å². The first kappa shape index (κ1) is 31.5. The van der Waals surface area contributed by atoms with Crippen molar-refractivity contribution in [1.82, 2.24) is 10.2 Å². The normalized spacial score (nSPS) is 12.0. The van der Waals surface area contributed by atoms with Gasteiger partial charge >= 0.3 is 0 Å². The molecule has 7 nitrogen and oxygen atoms in total. The number of halogens is 2. The van der Waals surface area contributed by atoms with E-state index in [0.717, 1.165) is 17.1 Å². The highest BCUT2D eigenvalue weighted by Gasteiger charge is 2.34. The van der Waals surface area contributed by atoms with Crippen LogP contribution in [0.1, 0.15) is 44.2 Å². The number of carbonyl (C=O) groups is 2. The van der Waals surface area contributed by atoms with Gasteiger partial charge in [0.15, 0.2) is 0 Å². The molecule has 214 valence electrons. The fourth-order valence-electron chi connectivity index (χ4n) is 4.37. The standard InChI is InChI=1S/C30H35Cl2N3O4S/c1-4-6-18-33-30(37)27(5-2)34(20-23-12-10-11-15-26(23)32)29(36)21-35(28-17-16-24(31)19-22(28)3)40(38,39)25-13-8-7-9-14-25/h7-17,19,27H,4-6,18,20-21H2,1-3H3,(H,33,37)/t27-/m0/s1. The smallest absolute Gasteiger partial charge is 0.264 e. The zero-order chi connectivity index (χ0) is 29.3. The maximum atomic E-state index is 14.1. The highest BCUT2D eigenvalue weighted by atomic mass is 35.5. The van der Waals surface area contributed by atoms with E-state index >= 15 is 0 Å². The Morgan fingerprint density at radius 2 is 1.62 bits per heavy atom. The Morgan fingerprint density at radius 3 is 2.25 bits per heavy atom. The van der Waals surface area contributed by atoms with Crippen LogP contribution in [-0.2, 0) is 26.2 Å². The third-order valence-electron chi connectivity index (χ3n) is 6.55. The largest absolute Gasteiger partial charge is 0.354 e. The molecular weight excluding hydrogens is 569 g/mol. The second-order valence-corrected chi connectivity index (χ2v) is 12.1. The van der Waals surface area contributed by atoms with Gasteiger partial charge in [-0.3, -0.25) is 13.9 Å². The first-order valence-corrected chi connectivity index (χ1v) is 15.4. The van der Waals surface area contributed by atoms with Gasteiger partial charge < -0.3 is 10.2 Å². The van der Waals surface area contributed by atoms with Crippen molar-refractivity contribution in [2.45, 2.75) is 57.5 Å². The molecule has 0 fully saturated rings. The van der Waals surface area contributed by atoms with Gasteiger partial charge in [0.05, 0.1) is 10.6 Å². The van der Waals surface area contributed by atoms with Crippen molar-refractivity contribution < 1.29 is 18.0 Å². The molecule has 0 radical (unpaired) electrons. The molecule has 10 heteroatoms. The molecule has 0 unspecified atom stereocenters. The lowest BCUT2D eigenvalue weighted by Crippen LogP contribution is -2.52. The molecular formula is C30H35Cl2N3O4S. The number of aryl methyl sites for hydroxylation is 1. The van der Waals surface area contributed by atoms with Gasteiger partial charge in [-0.15, -0.1) is 0 Å². The van der Waals surface area contributed by atoms with Crippen LogP contribution in [0.3, 0.4) is 0 Å². The number of benzene rings is 3. The number of rotatable bonds is 13. The Balaban J connectivity index is 2.07. The van der Waals surface area contributed by atoms with E-state index in [1.807, 2.05) is 13.8 Å². The van der Waals surface area contributed by atoms with Crippen LogP contribution in [0, 0.1) is 6.92 Å². The fraction of sp³-hybridized carbons (Fsp3) is 0.333. The molecule has 0 aliphatic rings. The molecule has 0 aliphatic carbocycles. The minimum absolute atomic E-state index is 0.0387. The number of amides is 2. The first-order chi connectivity index (χ1) is 19.1. The van der Waals surface area contributed by atoms with Crippen LogP contribution in [0.4, 0.5) is 5.69 Å². The quantitative estimate of drug-likeness (QED) is 0.235. The van der Waals surface area contributed by atoms with Crippen LogP contribution in [0.15, 0.2) is 77.7 Å². The Morgan fingerprint density at radius 1 is 0.950 bits per heavy atom. The molecule has 0 aromatic heterocycles. The van der Waals surface area contributed by atoms with Crippen LogP contribution in [0.5, 0.6) is 0 Å². The van der Waals surface area contributed by atoms with Crippen LogP contribution in [0.25, 0.3) is 0 Å². The molecule has 3 aromatic carbocycles. The average molecular weight is 605 g/mol. The number of sulfonamides is 1. The number of hydrogen-bond acceptors (Lipinski definition) is 4. The summed E-state index contributed by atoms with van der Waals surface area (Å²) in [5, 5.41) is 3.81. The summed E-state index contributed by atoms with van der Waals surface area (Å²) in [5.74, 6) is -0.831. The van der Waals surface area contributed by atoms with Gasteiger partial charge in [-0.1, -0.05) is 79.9 Å². The molecule has 3 aromatic rings. The minimum Gasteiger partial charge on any atom is -0.354 e. The molecule has 0 saturated heterocycles. The van der Waals surface area contributed by atoms with Crippen molar-refractivity contribution >= 4 is 50.7 Å². The van der Waals surface area contributed by atoms with Crippen molar-refractivity contribution in [1.29, 1.82) is 0 Å². The van der Waals surface area contributed by atoms with E-state index in [1.165, 1.54) is 17.0 Å². The molecule has 40 heavy (non-hydrogen) atoms. The number of carbonyl (C=O) groups excluding carboxylic acids is 2. The second-order valence-electron chi connectivity index (χ2n) is 9.44. The Bertz CT molecular complexity index is 1420. The lowest BCUT2D eigenvalue weighted by Gasteiger charge is -2.33. The fourth-order valence-corrected chi connectivity index (χ4v) is 6.29. The molecule has 0 aliphatic heterocycles. The maximum absolute atomic E-state index is 14.1. The number of anilines is 1. The van der Waals surface area contributed by atoms with Crippen molar-refractivity contribution in [2.24, 2.45) is 0 Å². The van der Waals surface area contributed by atoms with Crippen molar-refractivity contribution in [3.8, 4) is 0 Å². The Hall–Kier alpha value is -3.07. The Labute approximate surface area is 247 Å². The number of nitrogens with one attached hydrogen (secondary N) is 1. The SMILES string of the molecule is CCCCNC(=O)[C@H](CC)N(Cc1ccccc1Cl)C(=O)CN(c1ccc(Cl)cc1C)S(=O)(=O)c1ccccc1. The zero-order valence-corrected chi connectivity index (χ0v) is 25.3. The zero-order valence-electron chi connectivity index (χ0n) is 22.9. The molecule has 0 spiro atoms. The lowest BCUT2D eigenvalue weighted by molar-refractivity contribution is -0.140. The predicted molar refractivity (Wildman–Crippen MR) is 161 cm³/mol. The summed E-state index contributed by atoms with van der Waals surface area (Å²) in [6.07, 6.45) is 2.05. The molecule has 1 N–H and O–H groups in total. The maximum Gasteiger partial charge on any atom is 0.264 e. The monoisotopic (exact) mass is 603 g/mol. The van der Waals surface area contributed by atoms with E-state index in [1.54, 1.807) is 67.6 Å². The number of unbranched alkanes of at least 4 members (excludes halogenated alkanes) is 1. The van der Waals surface area contributed by atoms with Crippen LogP contribution < -0.4 is 9.62 Å². The molecule has 2 amide bonds. The van der Waals surface area contributed by atoms with E-state index < -0.39 is 28.5 Å². The summed E-state index contributed by atoms with van der Waals surface area (Å²) >= 11 is 12.6. The summed E-state index contributed by atoms with van der Waals surface area (Å²) in [7, 11) is -4.15. The second kappa shape index (κ2) is 14.5. The minimum atomic E-state index is -4.15. The van der Waals surface area contributed by atoms with Gasteiger partial charge in [0.25, 0.3) is 10.0 Å². The van der Waals surface area contributed by atoms with Gasteiger partial charge in [0.2, 0.25) is 11.8 Å². The number of hydrogen-bond donors (Lipinski definition) is 1. The molecule has 0 heterocycles. The Kier molecular flexibility index (Phi) is 11.4. The highest BCUT2D eigenvalue weighted by Crippen LogP contribution is 2.30. The van der Waals surface area contributed by atoms with E-state index in [9.17, 15) is 18.0 Å². The summed E-state index contributed by atoms with van der Waals surface area (Å²) < 4.78 is 28.9. The molecule has 0 bridgehead atoms. The van der Waals surface area contributed by atoms with Gasteiger partial charge in [0.1, 0.15) is 12.6 Å². The van der Waals surface area contributed by atoms with Gasteiger partial charge in [-0.2, -0.15) is 0 Å². The third-order valence-corrected chi connectivity index (χ3v) is 8.93. The van der Waals surface area contributed by atoms with E-state index in [4.69, 9.17) is 23.2 Å². The van der Waals surface area contributed by atoms with Crippen LogP contribution in [-0.4, -0.2) is 44.3 Å². The first-order valence-electron chi connectivity index (χ1n) is 13.2. The van der Waals surface area contributed by atoms with Crippen molar-refractivity contribution in [2.75, 3.05) is 17.4 Å². The predicted octanol–water partition coefficient (Wildman–Crippen LogP) is 6.22. The van der Waals surface area contributed by atoms with E-state index in [2.05, 4.69) is 5.32 Å². The molecule has 0 saturated carbocycles. The van der Waals surface area contributed by atoms with Crippen molar-refractivity contribution in [3.05, 3.63) is 94.0 Å². The summed E-state index contributed by atoms with van der Waals surface area (Å²) in [4.78, 5) is 28.8.